The highest BCUT2D eigenvalue weighted by Gasteiger charge is 2.30. The average molecular weight is 508 g/mol. The number of carbonyl (C=O) groups excluding carboxylic acids is 2. The van der Waals surface area contributed by atoms with E-state index in [1.165, 1.54) is 11.8 Å². The number of benzene rings is 2. The van der Waals surface area contributed by atoms with Gasteiger partial charge >= 0.3 is 0 Å². The Balaban J connectivity index is 1.70. The first-order valence-electron chi connectivity index (χ1n) is 11.5. The van der Waals surface area contributed by atoms with Gasteiger partial charge in [-0.05, 0) is 49.4 Å². The van der Waals surface area contributed by atoms with E-state index in [0.29, 0.717) is 28.8 Å². The molecule has 2 aromatic rings. The van der Waals surface area contributed by atoms with Gasteiger partial charge in [0.2, 0.25) is 11.8 Å². The SMILES string of the molecule is CC[C@H](C(=O)NC1CCCC1)N(Cc1ccc(C)cc1)C(=O)CSCc1ccc(Cl)cc1Cl. The molecule has 0 saturated heterocycles. The third kappa shape index (κ3) is 7.66. The van der Waals surface area contributed by atoms with E-state index >= 15 is 0 Å². The first-order chi connectivity index (χ1) is 15.9. The number of hydrogen-bond acceptors (Lipinski definition) is 3. The second-order valence-corrected chi connectivity index (χ2v) is 10.5. The molecule has 7 heteroatoms. The highest BCUT2D eigenvalue weighted by atomic mass is 35.5. The van der Waals surface area contributed by atoms with Gasteiger partial charge in [-0.25, -0.2) is 0 Å². The first-order valence-corrected chi connectivity index (χ1v) is 13.5. The standard InChI is InChI=1S/C26H32Cl2N2O2S/c1-3-24(26(32)29-22-6-4-5-7-22)30(15-19-10-8-18(2)9-11-19)25(31)17-33-16-20-12-13-21(27)14-23(20)28/h8-14,22,24H,3-7,15-17H2,1-2H3,(H,29,32)/t24-/m1/s1. The summed E-state index contributed by atoms with van der Waals surface area (Å²) in [6.07, 6.45) is 4.91. The van der Waals surface area contributed by atoms with Gasteiger partial charge in [0.05, 0.1) is 5.75 Å². The molecule has 1 aliphatic carbocycles. The van der Waals surface area contributed by atoms with Gasteiger partial charge in [-0.1, -0.05) is 78.9 Å². The summed E-state index contributed by atoms with van der Waals surface area (Å²) in [5.74, 6) is 0.790. The first kappa shape index (κ1) is 25.9. The van der Waals surface area contributed by atoms with Crippen LogP contribution in [0.2, 0.25) is 10.0 Å². The van der Waals surface area contributed by atoms with Crippen molar-refractivity contribution in [3.8, 4) is 0 Å². The molecule has 1 aliphatic rings. The van der Waals surface area contributed by atoms with Crippen LogP contribution >= 0.6 is 35.0 Å². The van der Waals surface area contributed by atoms with Crippen molar-refractivity contribution in [1.29, 1.82) is 0 Å². The second kappa shape index (κ2) is 12.7. The molecule has 0 aromatic heterocycles. The van der Waals surface area contributed by atoms with Crippen LogP contribution in [-0.2, 0) is 21.9 Å². The van der Waals surface area contributed by atoms with Crippen LogP contribution in [0.5, 0.6) is 0 Å². The average Bonchev–Trinajstić information content (AvgIpc) is 3.29. The normalized spacial score (nSPS) is 14.8. The fourth-order valence-corrected chi connectivity index (χ4v) is 5.62. The predicted molar refractivity (Wildman–Crippen MR) is 139 cm³/mol. The quantitative estimate of drug-likeness (QED) is 0.405. The molecule has 0 bridgehead atoms. The largest absolute Gasteiger partial charge is 0.352 e. The van der Waals surface area contributed by atoms with E-state index < -0.39 is 6.04 Å². The summed E-state index contributed by atoms with van der Waals surface area (Å²) < 4.78 is 0. The molecule has 4 nitrogen and oxygen atoms in total. The third-order valence-electron chi connectivity index (χ3n) is 6.06. The topological polar surface area (TPSA) is 49.4 Å². The van der Waals surface area contributed by atoms with Crippen molar-refractivity contribution in [2.24, 2.45) is 0 Å². The van der Waals surface area contributed by atoms with Crippen molar-refractivity contribution >= 4 is 46.8 Å². The molecule has 1 N–H and O–H groups in total. The maximum absolute atomic E-state index is 13.4. The van der Waals surface area contributed by atoms with Crippen molar-refractivity contribution < 1.29 is 9.59 Å². The van der Waals surface area contributed by atoms with Crippen molar-refractivity contribution in [2.45, 2.75) is 70.3 Å². The van der Waals surface area contributed by atoms with Crippen molar-refractivity contribution in [2.75, 3.05) is 5.75 Å². The van der Waals surface area contributed by atoms with Crippen LogP contribution in [0, 0.1) is 6.92 Å². The van der Waals surface area contributed by atoms with Crippen LogP contribution in [0.25, 0.3) is 0 Å². The van der Waals surface area contributed by atoms with E-state index in [-0.39, 0.29) is 23.6 Å². The summed E-state index contributed by atoms with van der Waals surface area (Å²) in [7, 11) is 0. The Kier molecular flexibility index (Phi) is 9.96. The highest BCUT2D eigenvalue weighted by molar-refractivity contribution is 7.99. The van der Waals surface area contributed by atoms with Gasteiger partial charge in [0.15, 0.2) is 0 Å². The Bertz CT molecular complexity index is 946. The van der Waals surface area contributed by atoms with Gasteiger partial charge < -0.3 is 10.2 Å². The minimum absolute atomic E-state index is 0.0425. The molecule has 1 saturated carbocycles. The smallest absolute Gasteiger partial charge is 0.243 e. The molecule has 0 heterocycles. The molecule has 2 aromatic carbocycles. The molecule has 3 rings (SSSR count). The minimum atomic E-state index is -0.487. The molecular weight excluding hydrogens is 475 g/mol. The lowest BCUT2D eigenvalue weighted by atomic mass is 10.1. The fourth-order valence-electron chi connectivity index (χ4n) is 4.15. The number of aryl methyl sites for hydroxylation is 1. The minimum Gasteiger partial charge on any atom is -0.352 e. The Morgan fingerprint density at radius 2 is 1.82 bits per heavy atom. The Morgan fingerprint density at radius 1 is 1.12 bits per heavy atom. The summed E-state index contributed by atoms with van der Waals surface area (Å²) in [4.78, 5) is 28.2. The van der Waals surface area contributed by atoms with Crippen LogP contribution in [-0.4, -0.2) is 34.6 Å². The molecule has 1 atom stereocenters. The summed E-state index contributed by atoms with van der Waals surface area (Å²) in [6, 6.07) is 13.3. The molecular formula is C26H32Cl2N2O2S. The zero-order valence-electron chi connectivity index (χ0n) is 19.3. The molecule has 1 fully saturated rings. The van der Waals surface area contributed by atoms with E-state index in [1.54, 1.807) is 17.0 Å². The lowest BCUT2D eigenvalue weighted by Gasteiger charge is -2.31. The molecule has 178 valence electrons. The van der Waals surface area contributed by atoms with Gasteiger partial charge in [-0.3, -0.25) is 9.59 Å². The van der Waals surface area contributed by atoms with Gasteiger partial charge in [0.25, 0.3) is 0 Å². The van der Waals surface area contributed by atoms with Gasteiger partial charge in [0.1, 0.15) is 6.04 Å². The number of nitrogens with one attached hydrogen (secondary N) is 1. The summed E-state index contributed by atoms with van der Waals surface area (Å²) in [5.41, 5.74) is 3.12. The van der Waals surface area contributed by atoms with Gasteiger partial charge in [-0.15, -0.1) is 11.8 Å². The van der Waals surface area contributed by atoms with Crippen molar-refractivity contribution in [3.05, 3.63) is 69.2 Å². The van der Waals surface area contributed by atoms with Crippen molar-refractivity contribution in [1.82, 2.24) is 10.2 Å². The number of carbonyl (C=O) groups is 2. The van der Waals surface area contributed by atoms with E-state index in [2.05, 4.69) is 5.32 Å². The van der Waals surface area contributed by atoms with E-state index in [4.69, 9.17) is 23.2 Å². The van der Waals surface area contributed by atoms with Gasteiger partial charge in [-0.2, -0.15) is 0 Å². The summed E-state index contributed by atoms with van der Waals surface area (Å²) in [6.45, 7) is 4.42. The Morgan fingerprint density at radius 3 is 2.45 bits per heavy atom. The number of hydrogen-bond donors (Lipinski definition) is 1. The molecule has 33 heavy (non-hydrogen) atoms. The zero-order chi connectivity index (χ0) is 23.8. The van der Waals surface area contributed by atoms with Crippen LogP contribution in [0.3, 0.4) is 0 Å². The molecule has 0 unspecified atom stereocenters. The Hall–Kier alpha value is -1.69. The van der Waals surface area contributed by atoms with E-state index in [1.807, 2.05) is 44.2 Å². The predicted octanol–water partition coefficient (Wildman–Crippen LogP) is 6.40. The van der Waals surface area contributed by atoms with Crippen LogP contribution in [0.15, 0.2) is 42.5 Å². The zero-order valence-corrected chi connectivity index (χ0v) is 21.6. The summed E-state index contributed by atoms with van der Waals surface area (Å²) in [5, 5.41) is 4.37. The summed E-state index contributed by atoms with van der Waals surface area (Å²) >= 11 is 13.8. The number of nitrogens with zero attached hydrogens (tertiary/aromatic N) is 1. The molecule has 2 amide bonds. The maximum atomic E-state index is 13.4. The molecule has 0 spiro atoms. The van der Waals surface area contributed by atoms with Crippen LogP contribution in [0.1, 0.15) is 55.7 Å². The highest BCUT2D eigenvalue weighted by Crippen LogP contribution is 2.25. The maximum Gasteiger partial charge on any atom is 0.243 e. The fraction of sp³-hybridized carbons (Fsp3) is 0.462. The number of amides is 2. The lowest BCUT2D eigenvalue weighted by molar-refractivity contribution is -0.139. The number of halogens is 2. The monoisotopic (exact) mass is 506 g/mol. The second-order valence-electron chi connectivity index (χ2n) is 8.65. The molecule has 0 radical (unpaired) electrons. The van der Waals surface area contributed by atoms with E-state index in [0.717, 1.165) is 42.4 Å². The lowest BCUT2D eigenvalue weighted by Crippen LogP contribution is -2.51. The molecule has 0 aliphatic heterocycles. The van der Waals surface area contributed by atoms with E-state index in [9.17, 15) is 9.59 Å². The third-order valence-corrected chi connectivity index (χ3v) is 7.61. The number of rotatable bonds is 10. The Labute approximate surface area is 211 Å². The van der Waals surface area contributed by atoms with Crippen LogP contribution in [0.4, 0.5) is 0 Å². The van der Waals surface area contributed by atoms with Crippen molar-refractivity contribution in [3.63, 3.8) is 0 Å². The van der Waals surface area contributed by atoms with Gasteiger partial charge in [0, 0.05) is 28.4 Å². The number of thioether (sulfide) groups is 1. The van der Waals surface area contributed by atoms with Crippen LogP contribution < -0.4 is 5.32 Å².